The first kappa shape index (κ1) is 17.4. The molecule has 0 aliphatic carbocycles. The Morgan fingerprint density at radius 3 is 2.84 bits per heavy atom. The van der Waals surface area contributed by atoms with Gasteiger partial charge in [0, 0.05) is 25.5 Å². The van der Waals surface area contributed by atoms with E-state index < -0.39 is 23.9 Å². The maximum Gasteiger partial charge on any atom is 0.343 e. The maximum atomic E-state index is 12.6. The lowest BCUT2D eigenvalue weighted by Crippen LogP contribution is -2.38. The first-order chi connectivity index (χ1) is 8.77. The molecule has 0 bridgehead atoms. The number of rotatable bonds is 7. The molecule has 0 spiro atoms. The second-order valence-electron chi connectivity index (χ2n) is 4.32. The molecule has 1 heterocycles. The third-order valence-electron chi connectivity index (χ3n) is 2.46. The van der Waals surface area contributed by atoms with Crippen molar-refractivity contribution in [3.63, 3.8) is 0 Å². The summed E-state index contributed by atoms with van der Waals surface area (Å²) in [5.74, 6) is 0.352. The fraction of sp³-hybridized carbons (Fsp3) is 1.00. The van der Waals surface area contributed by atoms with E-state index in [1.807, 2.05) is 0 Å². The standard InChI is InChI=1S/C9H20ClN2O5PS/c1-9(17-19(2,14)15)8-11-18(13)12(6-4-10)5-3-7-16-18/h9H,3-8H2,1-2H3,(H,11,13). The molecule has 1 saturated heterocycles. The molecule has 0 amide bonds. The van der Waals surface area contributed by atoms with E-state index in [1.54, 1.807) is 11.6 Å². The Labute approximate surface area is 119 Å². The van der Waals surface area contributed by atoms with Gasteiger partial charge in [-0.15, -0.1) is 11.6 Å². The van der Waals surface area contributed by atoms with Crippen LogP contribution in [0.15, 0.2) is 0 Å². The minimum Gasteiger partial charge on any atom is -0.306 e. The lowest BCUT2D eigenvalue weighted by Gasteiger charge is -2.35. The van der Waals surface area contributed by atoms with Crippen molar-refractivity contribution in [1.29, 1.82) is 0 Å². The zero-order chi connectivity index (χ0) is 14.5. The summed E-state index contributed by atoms with van der Waals surface area (Å²) in [5, 5.41) is 2.77. The second kappa shape index (κ2) is 7.36. The van der Waals surface area contributed by atoms with Gasteiger partial charge in [0.1, 0.15) is 0 Å². The predicted molar refractivity (Wildman–Crippen MR) is 73.9 cm³/mol. The van der Waals surface area contributed by atoms with E-state index >= 15 is 0 Å². The van der Waals surface area contributed by atoms with Crippen LogP contribution in [0.2, 0.25) is 0 Å². The molecule has 2 atom stereocenters. The normalized spacial score (nSPS) is 27.3. The quantitative estimate of drug-likeness (QED) is 0.422. The van der Waals surface area contributed by atoms with Crippen LogP contribution in [0.25, 0.3) is 0 Å². The molecule has 0 radical (unpaired) electrons. The van der Waals surface area contributed by atoms with Gasteiger partial charge in [0.05, 0.1) is 19.0 Å². The molecule has 1 fully saturated rings. The van der Waals surface area contributed by atoms with Crippen LogP contribution < -0.4 is 5.09 Å². The zero-order valence-corrected chi connectivity index (χ0v) is 13.5. The lowest BCUT2D eigenvalue weighted by atomic mass is 10.4. The van der Waals surface area contributed by atoms with Crippen molar-refractivity contribution in [2.24, 2.45) is 0 Å². The summed E-state index contributed by atoms with van der Waals surface area (Å²) in [7, 11) is -6.66. The molecule has 19 heavy (non-hydrogen) atoms. The molecule has 1 rings (SSSR count). The summed E-state index contributed by atoms with van der Waals surface area (Å²) in [5.41, 5.74) is 0. The Morgan fingerprint density at radius 2 is 2.26 bits per heavy atom. The van der Waals surface area contributed by atoms with Gasteiger partial charge in [0.15, 0.2) is 0 Å². The van der Waals surface area contributed by atoms with Crippen molar-refractivity contribution in [3.8, 4) is 0 Å². The van der Waals surface area contributed by atoms with Crippen LogP contribution in [0.3, 0.4) is 0 Å². The SMILES string of the molecule is CC(CNP1(=O)OCCCN1CCCl)OS(C)(=O)=O. The molecule has 7 nitrogen and oxygen atoms in total. The van der Waals surface area contributed by atoms with E-state index in [4.69, 9.17) is 20.3 Å². The highest BCUT2D eigenvalue weighted by molar-refractivity contribution is 7.86. The van der Waals surface area contributed by atoms with Crippen molar-refractivity contribution in [1.82, 2.24) is 9.76 Å². The van der Waals surface area contributed by atoms with Gasteiger partial charge in [0.25, 0.3) is 10.1 Å². The fourth-order valence-corrected chi connectivity index (χ4v) is 4.79. The minimum atomic E-state index is -3.53. The molecule has 2 unspecified atom stereocenters. The van der Waals surface area contributed by atoms with E-state index in [9.17, 15) is 13.0 Å². The first-order valence-corrected chi connectivity index (χ1v) is 9.89. The zero-order valence-electron chi connectivity index (χ0n) is 11.0. The fourth-order valence-electron chi connectivity index (χ4n) is 1.71. The van der Waals surface area contributed by atoms with Gasteiger partial charge in [-0.3, -0.25) is 8.75 Å². The Balaban J connectivity index is 2.55. The van der Waals surface area contributed by atoms with Crippen LogP contribution in [-0.4, -0.2) is 57.6 Å². The summed E-state index contributed by atoms with van der Waals surface area (Å²) in [4.78, 5) is 0. The number of alkyl halides is 1. The Morgan fingerprint density at radius 1 is 1.58 bits per heavy atom. The highest BCUT2D eigenvalue weighted by Gasteiger charge is 2.34. The molecular weight excluding hydrogens is 315 g/mol. The third kappa shape index (κ3) is 6.08. The molecule has 1 aliphatic heterocycles. The van der Waals surface area contributed by atoms with E-state index in [0.717, 1.165) is 12.7 Å². The van der Waals surface area contributed by atoms with Gasteiger partial charge < -0.3 is 4.52 Å². The lowest BCUT2D eigenvalue weighted by molar-refractivity contribution is 0.191. The van der Waals surface area contributed by atoms with Gasteiger partial charge in [-0.05, 0) is 13.3 Å². The van der Waals surface area contributed by atoms with Crippen molar-refractivity contribution < 1.29 is 21.7 Å². The maximum absolute atomic E-state index is 12.6. The molecule has 0 aromatic carbocycles. The summed E-state index contributed by atoms with van der Waals surface area (Å²) in [6, 6.07) is 0. The van der Waals surface area contributed by atoms with E-state index in [2.05, 4.69) is 5.09 Å². The van der Waals surface area contributed by atoms with E-state index in [0.29, 0.717) is 25.6 Å². The van der Waals surface area contributed by atoms with Gasteiger partial charge in [-0.1, -0.05) is 0 Å². The molecule has 0 aromatic heterocycles. The Kier molecular flexibility index (Phi) is 6.72. The monoisotopic (exact) mass is 334 g/mol. The Bertz CT molecular complexity index is 430. The van der Waals surface area contributed by atoms with Crippen molar-refractivity contribution in [3.05, 3.63) is 0 Å². The van der Waals surface area contributed by atoms with E-state index in [-0.39, 0.29) is 6.54 Å². The molecule has 1 N–H and O–H groups in total. The predicted octanol–water partition coefficient (Wildman–Crippen LogP) is 1.01. The summed E-state index contributed by atoms with van der Waals surface area (Å²) >= 11 is 5.66. The average Bonchev–Trinajstić information content (AvgIpc) is 2.28. The number of nitrogens with one attached hydrogen (secondary N) is 1. The highest BCUT2D eigenvalue weighted by Crippen LogP contribution is 2.48. The number of hydrogen-bond acceptors (Lipinski definition) is 5. The van der Waals surface area contributed by atoms with Crippen molar-refractivity contribution >= 4 is 29.4 Å². The molecule has 114 valence electrons. The number of hydrogen-bond donors (Lipinski definition) is 1. The number of nitrogens with zero attached hydrogens (tertiary/aromatic N) is 1. The summed E-state index contributed by atoms with van der Waals surface area (Å²) < 4.78 is 46.2. The van der Waals surface area contributed by atoms with Crippen LogP contribution in [0.4, 0.5) is 0 Å². The van der Waals surface area contributed by atoms with Gasteiger partial charge in [-0.25, -0.2) is 9.76 Å². The molecule has 0 aromatic rings. The van der Waals surface area contributed by atoms with Crippen LogP contribution in [0.5, 0.6) is 0 Å². The van der Waals surface area contributed by atoms with Crippen LogP contribution in [0, 0.1) is 0 Å². The summed E-state index contributed by atoms with van der Waals surface area (Å²) in [6.07, 6.45) is 1.14. The van der Waals surface area contributed by atoms with Crippen molar-refractivity contribution in [2.45, 2.75) is 19.4 Å². The van der Waals surface area contributed by atoms with Gasteiger partial charge >= 0.3 is 7.67 Å². The third-order valence-corrected chi connectivity index (χ3v) is 5.57. The van der Waals surface area contributed by atoms with Crippen molar-refractivity contribution in [2.75, 3.05) is 38.4 Å². The summed E-state index contributed by atoms with van der Waals surface area (Å²) in [6.45, 7) is 3.19. The average molecular weight is 335 g/mol. The van der Waals surface area contributed by atoms with Crippen LogP contribution >= 0.6 is 19.3 Å². The molecule has 0 saturated carbocycles. The van der Waals surface area contributed by atoms with Gasteiger partial charge in [0.2, 0.25) is 0 Å². The van der Waals surface area contributed by atoms with E-state index in [1.165, 1.54) is 0 Å². The molecule has 10 heteroatoms. The molecule has 1 aliphatic rings. The topological polar surface area (TPSA) is 84.9 Å². The Hall–Kier alpha value is 0.310. The highest BCUT2D eigenvalue weighted by atomic mass is 35.5. The largest absolute Gasteiger partial charge is 0.343 e. The van der Waals surface area contributed by atoms with Gasteiger partial charge in [-0.2, -0.15) is 8.42 Å². The second-order valence-corrected chi connectivity index (χ2v) is 8.48. The minimum absolute atomic E-state index is 0.114. The molecular formula is C9H20ClN2O5PS. The van der Waals surface area contributed by atoms with Crippen LogP contribution in [0.1, 0.15) is 13.3 Å². The smallest absolute Gasteiger partial charge is 0.306 e. The first-order valence-electron chi connectivity index (χ1n) is 5.96. The number of halogens is 1. The van der Waals surface area contributed by atoms with Crippen LogP contribution in [-0.2, 0) is 23.4 Å².